The molecule has 5 heteroatoms. The molecule has 2 heterocycles. The van der Waals surface area contributed by atoms with Crippen LogP contribution in [0.4, 0.5) is 0 Å². The van der Waals surface area contributed by atoms with Gasteiger partial charge in [0.15, 0.2) is 0 Å². The van der Waals surface area contributed by atoms with E-state index in [1.807, 2.05) is 4.90 Å². The lowest BCUT2D eigenvalue weighted by Crippen LogP contribution is -2.44. The van der Waals surface area contributed by atoms with E-state index in [0.29, 0.717) is 24.7 Å². The van der Waals surface area contributed by atoms with E-state index in [4.69, 9.17) is 0 Å². The summed E-state index contributed by atoms with van der Waals surface area (Å²) in [6.45, 7) is 3.73. The van der Waals surface area contributed by atoms with Crippen LogP contribution in [0.3, 0.4) is 0 Å². The summed E-state index contributed by atoms with van der Waals surface area (Å²) >= 11 is 0. The molecule has 0 bridgehead atoms. The van der Waals surface area contributed by atoms with Gasteiger partial charge in [-0.25, -0.2) is 9.97 Å². The molecule has 1 aliphatic heterocycles. The first-order valence-electron chi connectivity index (χ1n) is 7.90. The summed E-state index contributed by atoms with van der Waals surface area (Å²) in [4.78, 5) is 23.1. The van der Waals surface area contributed by atoms with Crippen molar-refractivity contribution in [3.05, 3.63) is 23.8 Å². The van der Waals surface area contributed by atoms with E-state index in [1.165, 1.54) is 0 Å². The Morgan fingerprint density at radius 1 is 1.43 bits per heavy atom. The van der Waals surface area contributed by atoms with Crippen LogP contribution in [0.5, 0.6) is 0 Å². The first-order valence-corrected chi connectivity index (χ1v) is 7.90. The van der Waals surface area contributed by atoms with Crippen LogP contribution in [0, 0.1) is 5.41 Å². The van der Waals surface area contributed by atoms with E-state index in [2.05, 4.69) is 16.9 Å². The molecule has 2 aliphatic rings. The minimum atomic E-state index is 0.00161. The first kappa shape index (κ1) is 14.4. The highest BCUT2D eigenvalue weighted by atomic mass is 16.3. The number of piperidine rings is 1. The highest BCUT2D eigenvalue weighted by molar-refractivity contribution is 5.92. The van der Waals surface area contributed by atoms with Crippen LogP contribution in [-0.2, 0) is 0 Å². The summed E-state index contributed by atoms with van der Waals surface area (Å²) in [6.07, 6.45) is 6.67. The maximum Gasteiger partial charge on any atom is 0.272 e. The highest BCUT2D eigenvalue weighted by Crippen LogP contribution is 2.38. The second-order valence-electron chi connectivity index (χ2n) is 6.38. The largest absolute Gasteiger partial charge is 0.396 e. The third-order valence-corrected chi connectivity index (χ3v) is 5.03. The zero-order valence-electron chi connectivity index (χ0n) is 12.6. The summed E-state index contributed by atoms with van der Waals surface area (Å²) in [5.74, 6) is 1.28. The second kappa shape index (κ2) is 5.72. The van der Waals surface area contributed by atoms with Gasteiger partial charge in [-0.15, -0.1) is 0 Å². The van der Waals surface area contributed by atoms with Crippen LogP contribution in [-0.4, -0.2) is 45.6 Å². The molecular formula is C16H23N3O2. The summed E-state index contributed by atoms with van der Waals surface area (Å²) in [5.41, 5.74) is 0.515. The number of hydrogen-bond donors (Lipinski definition) is 1. The highest BCUT2D eigenvalue weighted by Gasteiger charge is 2.34. The molecule has 1 amide bonds. The molecule has 1 saturated carbocycles. The molecule has 1 N–H and O–H groups in total. The Labute approximate surface area is 125 Å². The summed E-state index contributed by atoms with van der Waals surface area (Å²) < 4.78 is 0. The van der Waals surface area contributed by atoms with Crippen molar-refractivity contribution in [2.45, 2.75) is 44.9 Å². The van der Waals surface area contributed by atoms with Gasteiger partial charge < -0.3 is 10.0 Å². The predicted octanol–water partition coefficient (Wildman–Crippen LogP) is 1.98. The minimum Gasteiger partial charge on any atom is -0.396 e. The van der Waals surface area contributed by atoms with E-state index in [0.717, 1.165) is 37.9 Å². The Balaban J connectivity index is 1.67. The van der Waals surface area contributed by atoms with Gasteiger partial charge in [-0.2, -0.15) is 0 Å². The Morgan fingerprint density at radius 2 is 2.14 bits per heavy atom. The van der Waals surface area contributed by atoms with Gasteiger partial charge in [-0.3, -0.25) is 4.79 Å². The van der Waals surface area contributed by atoms with E-state index in [-0.39, 0.29) is 17.9 Å². The van der Waals surface area contributed by atoms with Gasteiger partial charge in [0.1, 0.15) is 11.5 Å². The molecule has 1 aromatic rings. The maximum absolute atomic E-state index is 12.6. The number of likely N-dealkylation sites (tertiary alicyclic amines) is 1. The van der Waals surface area contributed by atoms with E-state index >= 15 is 0 Å². The Kier molecular flexibility index (Phi) is 3.93. The second-order valence-corrected chi connectivity index (χ2v) is 6.38. The number of aliphatic hydroxyl groups is 1. The number of hydrogen-bond acceptors (Lipinski definition) is 4. The van der Waals surface area contributed by atoms with Gasteiger partial charge in [-0.05, 0) is 43.6 Å². The minimum absolute atomic E-state index is 0.00161. The smallest absolute Gasteiger partial charge is 0.272 e. The van der Waals surface area contributed by atoms with Crippen molar-refractivity contribution >= 4 is 5.91 Å². The van der Waals surface area contributed by atoms with Crippen LogP contribution >= 0.6 is 0 Å². The van der Waals surface area contributed by atoms with Gasteiger partial charge in [0.2, 0.25) is 0 Å². The third kappa shape index (κ3) is 2.93. The molecule has 1 saturated heterocycles. The predicted molar refractivity (Wildman–Crippen MR) is 79.0 cm³/mol. The molecule has 0 spiro atoms. The first-order chi connectivity index (χ1) is 10.2. The molecular weight excluding hydrogens is 266 g/mol. The number of aromatic nitrogens is 2. The number of amides is 1. The molecule has 5 nitrogen and oxygen atoms in total. The van der Waals surface area contributed by atoms with Crippen LogP contribution in [0.15, 0.2) is 12.3 Å². The van der Waals surface area contributed by atoms with Crippen LogP contribution in [0.25, 0.3) is 0 Å². The Bertz CT molecular complexity index is 514. The number of nitrogens with zero attached hydrogens (tertiary/aromatic N) is 3. The summed E-state index contributed by atoms with van der Waals surface area (Å²) in [7, 11) is 0. The molecule has 0 radical (unpaired) electrons. The average Bonchev–Trinajstić information content (AvgIpc) is 3.39. The van der Waals surface area contributed by atoms with Crippen molar-refractivity contribution in [3.63, 3.8) is 0 Å². The maximum atomic E-state index is 12.6. The van der Waals surface area contributed by atoms with Gasteiger partial charge >= 0.3 is 0 Å². The number of rotatable bonds is 4. The average molecular weight is 289 g/mol. The standard InChI is InChI=1S/C16H23N3O2/c1-2-16(11-20)6-9-19(10-7-16)15(21)13-5-8-17-14(18-13)12-3-4-12/h5,8,12,20H,2-4,6-7,9-11H2,1H3. The molecule has 0 unspecified atom stereocenters. The zero-order chi connectivity index (χ0) is 14.9. The Morgan fingerprint density at radius 3 is 2.71 bits per heavy atom. The van der Waals surface area contributed by atoms with E-state index in [9.17, 15) is 9.90 Å². The molecule has 0 aromatic carbocycles. The van der Waals surface area contributed by atoms with Gasteiger partial charge in [0.25, 0.3) is 5.91 Å². The topological polar surface area (TPSA) is 66.3 Å². The molecule has 0 atom stereocenters. The van der Waals surface area contributed by atoms with Gasteiger partial charge in [-0.1, -0.05) is 6.92 Å². The SMILES string of the molecule is CCC1(CO)CCN(C(=O)c2ccnc(C3CC3)n2)CC1. The van der Waals surface area contributed by atoms with Crippen molar-refractivity contribution in [2.75, 3.05) is 19.7 Å². The van der Waals surface area contributed by atoms with Crippen molar-refractivity contribution in [1.82, 2.24) is 14.9 Å². The quantitative estimate of drug-likeness (QED) is 0.920. The zero-order valence-corrected chi connectivity index (χ0v) is 12.6. The van der Waals surface area contributed by atoms with Gasteiger partial charge in [0.05, 0.1) is 0 Å². The van der Waals surface area contributed by atoms with Crippen molar-refractivity contribution in [1.29, 1.82) is 0 Å². The van der Waals surface area contributed by atoms with Crippen LogP contribution in [0.2, 0.25) is 0 Å². The molecule has 3 rings (SSSR count). The molecule has 2 fully saturated rings. The van der Waals surface area contributed by atoms with E-state index < -0.39 is 0 Å². The van der Waals surface area contributed by atoms with E-state index in [1.54, 1.807) is 12.3 Å². The fourth-order valence-corrected chi connectivity index (χ4v) is 3.00. The lowest BCUT2D eigenvalue weighted by molar-refractivity contribution is 0.0334. The number of aliphatic hydroxyl groups excluding tert-OH is 1. The Hall–Kier alpha value is -1.49. The lowest BCUT2D eigenvalue weighted by Gasteiger charge is -2.40. The normalized spacial score (nSPS) is 21.3. The number of carbonyl (C=O) groups excluding carboxylic acids is 1. The monoisotopic (exact) mass is 289 g/mol. The molecule has 21 heavy (non-hydrogen) atoms. The third-order valence-electron chi connectivity index (χ3n) is 5.03. The molecule has 1 aromatic heterocycles. The van der Waals surface area contributed by atoms with Crippen LogP contribution in [0.1, 0.15) is 61.3 Å². The number of carbonyl (C=O) groups is 1. The van der Waals surface area contributed by atoms with Gasteiger partial charge in [0, 0.05) is 31.8 Å². The molecule has 114 valence electrons. The summed E-state index contributed by atoms with van der Waals surface area (Å²) in [6, 6.07) is 1.71. The molecule has 1 aliphatic carbocycles. The summed E-state index contributed by atoms with van der Waals surface area (Å²) in [5, 5.41) is 9.56. The van der Waals surface area contributed by atoms with Crippen molar-refractivity contribution in [2.24, 2.45) is 5.41 Å². The van der Waals surface area contributed by atoms with Crippen molar-refractivity contribution < 1.29 is 9.90 Å². The lowest BCUT2D eigenvalue weighted by atomic mass is 9.77. The van der Waals surface area contributed by atoms with Crippen molar-refractivity contribution in [3.8, 4) is 0 Å². The van der Waals surface area contributed by atoms with Crippen LogP contribution < -0.4 is 0 Å². The fraction of sp³-hybridized carbons (Fsp3) is 0.688. The fourth-order valence-electron chi connectivity index (χ4n) is 3.00.